The maximum absolute atomic E-state index is 14.7. The molecule has 1 aromatic carbocycles. The van der Waals surface area contributed by atoms with Crippen molar-refractivity contribution in [3.63, 3.8) is 0 Å². The second kappa shape index (κ2) is 10.9. The fraction of sp³-hybridized carbons (Fsp3) is 0.704. The molecule has 0 aliphatic carbocycles. The lowest BCUT2D eigenvalue weighted by atomic mass is 10.1. The van der Waals surface area contributed by atoms with E-state index in [1.54, 1.807) is 0 Å². The van der Waals surface area contributed by atoms with Gasteiger partial charge in [0, 0.05) is 18.7 Å². The van der Waals surface area contributed by atoms with Gasteiger partial charge in [0.1, 0.15) is 23.8 Å². The summed E-state index contributed by atoms with van der Waals surface area (Å²) in [6.07, 6.45) is -1.31. The number of nitrogens with zero attached hydrogens (tertiary/aromatic N) is 1. The first-order valence-electron chi connectivity index (χ1n) is 13.0. The van der Waals surface area contributed by atoms with Gasteiger partial charge in [-0.25, -0.2) is 8.78 Å². The summed E-state index contributed by atoms with van der Waals surface area (Å²) >= 11 is 0. The smallest absolute Gasteiger partial charge is 0.257 e. The van der Waals surface area contributed by atoms with Gasteiger partial charge in [0.05, 0.1) is 11.7 Å². The molecule has 1 N–H and O–H groups in total. The molecule has 1 saturated heterocycles. The summed E-state index contributed by atoms with van der Waals surface area (Å²) < 4.78 is 41.9. The average molecular weight is 557 g/mol. The van der Waals surface area contributed by atoms with Crippen LogP contribution in [-0.2, 0) is 13.6 Å². The van der Waals surface area contributed by atoms with E-state index >= 15 is 0 Å². The molecule has 0 radical (unpaired) electrons. The molecule has 3 atom stereocenters. The van der Waals surface area contributed by atoms with Crippen LogP contribution in [0.3, 0.4) is 0 Å². The predicted molar refractivity (Wildman–Crippen MR) is 149 cm³/mol. The summed E-state index contributed by atoms with van der Waals surface area (Å²) in [7, 11) is -4.78. The molecule has 0 aromatic heterocycles. The Hall–Kier alpha value is -1.63. The van der Waals surface area contributed by atoms with Crippen LogP contribution >= 0.6 is 0 Å². The van der Waals surface area contributed by atoms with Gasteiger partial charge in [0.25, 0.3) is 5.91 Å². The third-order valence-electron chi connectivity index (χ3n) is 8.00. The van der Waals surface area contributed by atoms with Crippen molar-refractivity contribution >= 4 is 28.4 Å². The van der Waals surface area contributed by atoms with Gasteiger partial charge in [-0.2, -0.15) is 0 Å². The number of nitrogens with one attached hydrogen (secondary N) is 1. The molecule has 1 fully saturated rings. The molecule has 210 valence electrons. The lowest BCUT2D eigenvalue weighted by Crippen LogP contribution is -2.57. The Morgan fingerprint density at radius 1 is 0.973 bits per heavy atom. The summed E-state index contributed by atoms with van der Waals surface area (Å²) in [5.41, 5.74) is -0.289. The Kier molecular flexibility index (Phi) is 9.27. The summed E-state index contributed by atoms with van der Waals surface area (Å²) in [4.78, 5) is 28.7. The second-order valence-corrected chi connectivity index (χ2v) is 23.0. The molecule has 0 spiro atoms. The van der Waals surface area contributed by atoms with Crippen molar-refractivity contribution in [3.05, 3.63) is 35.4 Å². The number of benzene rings is 1. The molecule has 2 amide bonds. The number of halogens is 2. The first-order chi connectivity index (χ1) is 16.6. The van der Waals surface area contributed by atoms with E-state index in [2.05, 4.69) is 73.0 Å². The largest absolute Gasteiger partial charge is 0.409 e. The first-order valence-corrected chi connectivity index (χ1v) is 18.8. The zero-order valence-electron chi connectivity index (χ0n) is 24.6. The molecule has 2 rings (SSSR count). The van der Waals surface area contributed by atoms with Gasteiger partial charge in [-0.3, -0.25) is 9.59 Å². The van der Waals surface area contributed by atoms with Crippen molar-refractivity contribution in [2.75, 3.05) is 6.54 Å². The minimum absolute atomic E-state index is 0.0671. The zero-order chi connectivity index (χ0) is 28.7. The van der Waals surface area contributed by atoms with E-state index in [9.17, 15) is 18.4 Å². The van der Waals surface area contributed by atoms with Crippen molar-refractivity contribution in [1.82, 2.24) is 10.2 Å². The van der Waals surface area contributed by atoms with Crippen molar-refractivity contribution in [2.45, 2.75) is 116 Å². The maximum Gasteiger partial charge on any atom is 0.257 e. The summed E-state index contributed by atoms with van der Waals surface area (Å²) in [6, 6.07) is 1.64. The monoisotopic (exact) mass is 556 g/mol. The fourth-order valence-corrected chi connectivity index (χ4v) is 6.43. The van der Waals surface area contributed by atoms with Crippen LogP contribution in [0, 0.1) is 11.6 Å². The van der Waals surface area contributed by atoms with E-state index in [1.807, 2.05) is 13.8 Å². The number of likely N-dealkylation sites (tertiary alicyclic amines) is 1. The summed E-state index contributed by atoms with van der Waals surface area (Å²) in [5, 5.41) is 2.64. The Morgan fingerprint density at radius 3 is 1.95 bits per heavy atom. The second-order valence-electron chi connectivity index (χ2n) is 13.4. The number of rotatable bonds is 7. The van der Waals surface area contributed by atoms with Gasteiger partial charge >= 0.3 is 0 Å². The number of hydrogen-bond donors (Lipinski definition) is 1. The number of carbonyl (C=O) groups excluding carboxylic acids is 2. The molecule has 10 heteroatoms. The summed E-state index contributed by atoms with van der Waals surface area (Å²) in [6.45, 7) is 24.9. The molecule has 1 unspecified atom stereocenters. The third kappa shape index (κ3) is 7.07. The van der Waals surface area contributed by atoms with Crippen LogP contribution in [0.5, 0.6) is 0 Å². The molecule has 0 saturated carbocycles. The molecule has 1 aromatic rings. The maximum atomic E-state index is 14.7. The normalized spacial score (nSPS) is 21.5. The molecular formula is C27H46F2N2O4Si2. The van der Waals surface area contributed by atoms with Gasteiger partial charge < -0.3 is 19.1 Å². The zero-order valence-corrected chi connectivity index (χ0v) is 26.6. The Labute approximate surface area is 223 Å². The third-order valence-corrected chi connectivity index (χ3v) is 17.0. The highest BCUT2D eigenvalue weighted by molar-refractivity contribution is 6.74. The standard InChI is InChI=1S/C27H46F2N2O4Si2/c1-17(2)30-24(32)22-23(35-37(11,12)27(6,7)8)21(34-36(9,10)26(3,4)5)16-31(22)25(33)19-14-13-18(28)15-20(19)29/h13-15,17,21-23H,16H2,1-12H3,(H,30,32)/t21-,22?,23+/m0/s1. The highest BCUT2D eigenvalue weighted by Gasteiger charge is 2.55. The van der Waals surface area contributed by atoms with Crippen molar-refractivity contribution in [1.29, 1.82) is 0 Å². The van der Waals surface area contributed by atoms with Crippen LogP contribution in [0.2, 0.25) is 36.3 Å². The van der Waals surface area contributed by atoms with Gasteiger partial charge in [-0.05, 0) is 62.2 Å². The van der Waals surface area contributed by atoms with Gasteiger partial charge in [0.2, 0.25) is 5.91 Å². The van der Waals surface area contributed by atoms with E-state index < -0.39 is 52.4 Å². The Morgan fingerprint density at radius 2 is 1.49 bits per heavy atom. The van der Waals surface area contributed by atoms with E-state index in [1.165, 1.54) is 4.90 Å². The lowest BCUT2D eigenvalue weighted by Gasteiger charge is -2.43. The molecule has 1 heterocycles. The van der Waals surface area contributed by atoms with Crippen molar-refractivity contribution < 1.29 is 27.2 Å². The molecule has 37 heavy (non-hydrogen) atoms. The van der Waals surface area contributed by atoms with Gasteiger partial charge in [-0.1, -0.05) is 41.5 Å². The van der Waals surface area contributed by atoms with Crippen LogP contribution in [-0.4, -0.2) is 64.2 Å². The van der Waals surface area contributed by atoms with Crippen LogP contribution in [0.4, 0.5) is 8.78 Å². The number of amides is 2. The SMILES string of the molecule is CC(C)NC(=O)C1[C@H](O[Si](C)(C)C(C)(C)C)[C@@H](O[Si](C)(C)C(C)(C)C)CN1C(=O)c1ccc(F)cc1F. The van der Waals surface area contributed by atoms with Gasteiger partial charge in [-0.15, -0.1) is 0 Å². The highest BCUT2D eigenvalue weighted by atomic mass is 28.4. The molecule has 0 bridgehead atoms. The van der Waals surface area contributed by atoms with Crippen LogP contribution < -0.4 is 5.32 Å². The van der Waals surface area contributed by atoms with Gasteiger partial charge in [0.15, 0.2) is 16.6 Å². The van der Waals surface area contributed by atoms with Crippen molar-refractivity contribution in [2.24, 2.45) is 0 Å². The quantitative estimate of drug-likeness (QED) is 0.413. The van der Waals surface area contributed by atoms with E-state index in [-0.39, 0.29) is 34.1 Å². The van der Waals surface area contributed by atoms with Crippen LogP contribution in [0.1, 0.15) is 65.7 Å². The molecule has 1 aliphatic heterocycles. The van der Waals surface area contributed by atoms with E-state index in [0.29, 0.717) is 6.07 Å². The van der Waals surface area contributed by atoms with Crippen molar-refractivity contribution in [3.8, 4) is 0 Å². The predicted octanol–water partition coefficient (Wildman–Crippen LogP) is 6.09. The van der Waals surface area contributed by atoms with Crippen LogP contribution in [0.25, 0.3) is 0 Å². The Balaban J connectivity index is 2.65. The lowest BCUT2D eigenvalue weighted by molar-refractivity contribution is -0.128. The van der Waals surface area contributed by atoms with Crippen LogP contribution in [0.15, 0.2) is 18.2 Å². The number of carbonyl (C=O) groups is 2. The van der Waals surface area contributed by atoms with E-state index in [4.69, 9.17) is 8.85 Å². The minimum Gasteiger partial charge on any atom is -0.409 e. The molecule has 6 nitrogen and oxygen atoms in total. The number of hydrogen-bond acceptors (Lipinski definition) is 4. The Bertz CT molecular complexity index is 1000. The fourth-order valence-electron chi connectivity index (χ4n) is 3.80. The molecule has 1 aliphatic rings. The van der Waals surface area contributed by atoms with E-state index in [0.717, 1.165) is 12.1 Å². The molecular weight excluding hydrogens is 510 g/mol. The topological polar surface area (TPSA) is 67.9 Å². The average Bonchev–Trinajstić information content (AvgIpc) is 3.02. The highest BCUT2D eigenvalue weighted by Crippen LogP contribution is 2.43. The minimum atomic E-state index is -2.43. The first kappa shape index (κ1) is 31.6. The summed E-state index contributed by atoms with van der Waals surface area (Å²) in [5.74, 6) is -2.81.